The maximum Gasteiger partial charge on any atom is 0.0498 e. The lowest BCUT2D eigenvalue weighted by Crippen LogP contribution is -2.32. The molecule has 1 aromatic heterocycles. The number of H-pyrrole nitrogens is 1. The molecule has 1 aliphatic heterocycles. The summed E-state index contributed by atoms with van der Waals surface area (Å²) in [4.78, 5) is 6.14. The van der Waals surface area contributed by atoms with Gasteiger partial charge in [0.25, 0.3) is 0 Å². The van der Waals surface area contributed by atoms with Crippen LogP contribution in [-0.2, 0) is 6.42 Å². The van der Waals surface area contributed by atoms with E-state index in [1.165, 1.54) is 35.0 Å². The quantitative estimate of drug-likeness (QED) is 0.644. The predicted octanol–water partition coefficient (Wildman–Crippen LogP) is 4.05. The van der Waals surface area contributed by atoms with Crippen molar-refractivity contribution in [3.05, 3.63) is 48.2 Å². The summed E-state index contributed by atoms with van der Waals surface area (Å²) in [6.07, 6.45) is 6.72. The Hall–Kier alpha value is -1.54. The van der Waals surface area contributed by atoms with Crippen LogP contribution in [0, 0.1) is 0 Å². The first kappa shape index (κ1) is 12.5. The Morgan fingerprint density at radius 1 is 1.42 bits per heavy atom. The first-order valence-electron chi connectivity index (χ1n) is 7.22. The van der Waals surface area contributed by atoms with Gasteiger partial charge in [0.2, 0.25) is 0 Å². The molecule has 0 amide bonds. The summed E-state index contributed by atoms with van der Waals surface area (Å²) in [6.45, 7) is 4.98. The lowest BCUT2D eigenvalue weighted by atomic mass is 9.94. The second-order valence-corrected chi connectivity index (χ2v) is 5.53. The van der Waals surface area contributed by atoms with Gasteiger partial charge in [-0.15, -0.1) is 6.58 Å². The number of unbranched alkanes of at least 4 members (excludes halogenated alkanes) is 1. The van der Waals surface area contributed by atoms with Gasteiger partial charge in [0.05, 0.1) is 0 Å². The average molecular weight is 254 g/mol. The van der Waals surface area contributed by atoms with Gasteiger partial charge in [0.15, 0.2) is 0 Å². The van der Waals surface area contributed by atoms with Crippen LogP contribution in [-0.4, -0.2) is 23.5 Å². The van der Waals surface area contributed by atoms with E-state index in [-0.39, 0.29) is 0 Å². The zero-order chi connectivity index (χ0) is 13.2. The molecule has 0 saturated heterocycles. The monoisotopic (exact) mass is 254 g/mol. The number of allylic oxidation sites excluding steroid dienone is 1. The highest BCUT2D eigenvalue weighted by atomic mass is 15.1. The summed E-state index contributed by atoms with van der Waals surface area (Å²) < 4.78 is 0. The molecule has 0 spiro atoms. The number of rotatable bonds is 4. The van der Waals surface area contributed by atoms with Crippen molar-refractivity contribution in [2.75, 3.05) is 13.6 Å². The van der Waals surface area contributed by atoms with Crippen molar-refractivity contribution in [2.24, 2.45) is 0 Å². The van der Waals surface area contributed by atoms with Crippen LogP contribution in [0.15, 0.2) is 36.9 Å². The molecule has 2 nitrogen and oxygen atoms in total. The Labute approximate surface area is 115 Å². The third kappa shape index (κ3) is 2.21. The highest BCUT2D eigenvalue weighted by Crippen LogP contribution is 2.36. The number of hydrogen-bond donors (Lipinski definition) is 1. The van der Waals surface area contributed by atoms with Gasteiger partial charge in [-0.05, 0) is 44.4 Å². The lowest BCUT2D eigenvalue weighted by molar-refractivity contribution is 0.213. The molecule has 1 atom stereocenters. The number of likely N-dealkylation sites (N-methyl/N-ethyl adjacent to an activating group) is 1. The largest absolute Gasteiger partial charge is 0.357 e. The van der Waals surface area contributed by atoms with Gasteiger partial charge >= 0.3 is 0 Å². The molecule has 100 valence electrons. The Balaban J connectivity index is 1.96. The fourth-order valence-electron chi connectivity index (χ4n) is 3.26. The second kappa shape index (κ2) is 5.22. The molecule has 0 aliphatic carbocycles. The number of aromatic nitrogens is 1. The number of nitrogens with one attached hydrogen (secondary N) is 1. The van der Waals surface area contributed by atoms with Crippen LogP contribution in [0.1, 0.15) is 36.6 Å². The molecule has 2 heterocycles. The highest BCUT2D eigenvalue weighted by molar-refractivity contribution is 5.85. The van der Waals surface area contributed by atoms with E-state index < -0.39 is 0 Å². The van der Waals surface area contributed by atoms with E-state index in [0.29, 0.717) is 6.04 Å². The minimum Gasteiger partial charge on any atom is -0.357 e. The van der Waals surface area contributed by atoms with E-state index in [4.69, 9.17) is 0 Å². The van der Waals surface area contributed by atoms with Crippen LogP contribution in [0.4, 0.5) is 0 Å². The van der Waals surface area contributed by atoms with Crippen molar-refractivity contribution in [1.29, 1.82) is 0 Å². The van der Waals surface area contributed by atoms with Crippen molar-refractivity contribution >= 4 is 10.9 Å². The van der Waals surface area contributed by atoms with Crippen molar-refractivity contribution in [3.8, 4) is 0 Å². The molecule has 0 radical (unpaired) electrons. The number of benzene rings is 1. The minimum atomic E-state index is 0.538. The summed E-state index contributed by atoms with van der Waals surface area (Å²) in [6, 6.07) is 9.23. The van der Waals surface area contributed by atoms with Crippen LogP contribution < -0.4 is 0 Å². The molecule has 2 heteroatoms. The lowest BCUT2D eigenvalue weighted by Gasteiger charge is -2.32. The number of para-hydroxylation sites is 1. The van der Waals surface area contributed by atoms with E-state index in [9.17, 15) is 0 Å². The molecule has 0 saturated carbocycles. The SMILES string of the molecule is C=CCCC[C@@H]1c2[nH]c3ccccc3c2CCN1C. The van der Waals surface area contributed by atoms with Crippen molar-refractivity contribution in [2.45, 2.75) is 31.7 Å². The molecule has 2 aromatic rings. The third-order valence-electron chi connectivity index (χ3n) is 4.31. The number of hydrogen-bond acceptors (Lipinski definition) is 1. The maximum absolute atomic E-state index is 3.82. The van der Waals surface area contributed by atoms with E-state index in [1.54, 1.807) is 0 Å². The molecule has 19 heavy (non-hydrogen) atoms. The van der Waals surface area contributed by atoms with Crippen LogP contribution in [0.25, 0.3) is 10.9 Å². The van der Waals surface area contributed by atoms with Gasteiger partial charge in [0.1, 0.15) is 0 Å². The van der Waals surface area contributed by atoms with Gasteiger partial charge in [-0.3, -0.25) is 4.90 Å². The Bertz CT molecular complexity index is 582. The third-order valence-corrected chi connectivity index (χ3v) is 4.31. The zero-order valence-corrected chi connectivity index (χ0v) is 11.7. The highest BCUT2D eigenvalue weighted by Gasteiger charge is 2.27. The van der Waals surface area contributed by atoms with Crippen molar-refractivity contribution in [1.82, 2.24) is 9.88 Å². The van der Waals surface area contributed by atoms with E-state index in [2.05, 4.69) is 47.8 Å². The molecule has 0 unspecified atom stereocenters. The first-order valence-corrected chi connectivity index (χ1v) is 7.22. The molecule has 0 bridgehead atoms. The summed E-state index contributed by atoms with van der Waals surface area (Å²) in [5.41, 5.74) is 4.27. The van der Waals surface area contributed by atoms with Crippen LogP contribution in [0.5, 0.6) is 0 Å². The molecule has 1 aromatic carbocycles. The minimum absolute atomic E-state index is 0.538. The van der Waals surface area contributed by atoms with Crippen molar-refractivity contribution < 1.29 is 0 Å². The topological polar surface area (TPSA) is 19.0 Å². The molecular weight excluding hydrogens is 232 g/mol. The predicted molar refractivity (Wildman–Crippen MR) is 81.4 cm³/mol. The Morgan fingerprint density at radius 2 is 2.26 bits per heavy atom. The summed E-state index contributed by atoms with van der Waals surface area (Å²) in [7, 11) is 2.24. The van der Waals surface area contributed by atoms with Gasteiger partial charge in [-0.1, -0.05) is 24.3 Å². The number of aromatic amines is 1. The fourth-order valence-corrected chi connectivity index (χ4v) is 3.26. The second-order valence-electron chi connectivity index (χ2n) is 5.53. The molecule has 0 fully saturated rings. The Kier molecular flexibility index (Phi) is 3.43. The Morgan fingerprint density at radius 3 is 3.11 bits per heavy atom. The van der Waals surface area contributed by atoms with Crippen molar-refractivity contribution in [3.63, 3.8) is 0 Å². The van der Waals surface area contributed by atoms with E-state index in [1.807, 2.05) is 6.08 Å². The number of fused-ring (bicyclic) bond motifs is 3. The van der Waals surface area contributed by atoms with Gasteiger partial charge in [0, 0.05) is 29.2 Å². The number of nitrogens with zero attached hydrogens (tertiary/aromatic N) is 1. The van der Waals surface area contributed by atoms with Crippen LogP contribution >= 0.6 is 0 Å². The van der Waals surface area contributed by atoms with Gasteiger partial charge < -0.3 is 4.98 Å². The summed E-state index contributed by atoms with van der Waals surface area (Å²) >= 11 is 0. The zero-order valence-electron chi connectivity index (χ0n) is 11.7. The van der Waals surface area contributed by atoms with E-state index in [0.717, 1.165) is 19.4 Å². The molecule has 1 aliphatic rings. The molecular formula is C17H22N2. The first-order chi connectivity index (χ1) is 9.31. The van der Waals surface area contributed by atoms with Gasteiger partial charge in [-0.25, -0.2) is 0 Å². The molecule has 1 N–H and O–H groups in total. The summed E-state index contributed by atoms with van der Waals surface area (Å²) in [5, 5.41) is 1.42. The maximum atomic E-state index is 3.82. The van der Waals surface area contributed by atoms with Gasteiger partial charge in [-0.2, -0.15) is 0 Å². The summed E-state index contributed by atoms with van der Waals surface area (Å²) in [5.74, 6) is 0. The van der Waals surface area contributed by atoms with Crippen LogP contribution in [0.3, 0.4) is 0 Å². The smallest absolute Gasteiger partial charge is 0.0498 e. The fraction of sp³-hybridized carbons (Fsp3) is 0.412. The standard InChI is InChI=1S/C17H22N2/c1-3-4-5-10-16-17-14(11-12-19(16)2)13-8-6-7-9-15(13)18-17/h3,6-9,16,18H,1,4-5,10-12H2,2H3/t16-/m1/s1. The van der Waals surface area contributed by atoms with Crippen LogP contribution in [0.2, 0.25) is 0 Å². The average Bonchev–Trinajstić information content (AvgIpc) is 2.80. The molecule has 3 rings (SSSR count). The van der Waals surface area contributed by atoms with E-state index >= 15 is 0 Å². The normalized spacial score (nSPS) is 19.5.